The van der Waals surface area contributed by atoms with E-state index in [0.29, 0.717) is 12.5 Å². The summed E-state index contributed by atoms with van der Waals surface area (Å²) in [5, 5.41) is -1.17. The molecule has 0 N–H and O–H groups in total. The van der Waals surface area contributed by atoms with Gasteiger partial charge in [0.1, 0.15) is 5.25 Å². The Morgan fingerprint density at radius 2 is 2.00 bits per heavy atom. The van der Waals surface area contributed by atoms with E-state index in [-0.39, 0.29) is 18.9 Å². The van der Waals surface area contributed by atoms with E-state index in [4.69, 9.17) is 4.74 Å². The van der Waals surface area contributed by atoms with Gasteiger partial charge in [0.2, 0.25) is 5.91 Å². The van der Waals surface area contributed by atoms with E-state index in [1.165, 1.54) is 4.90 Å². The molecule has 2 rings (SSSR count). The number of hydrogen-bond acceptors (Lipinski definition) is 4. The molecule has 2 heterocycles. The quantitative estimate of drug-likeness (QED) is 0.711. The van der Waals surface area contributed by atoms with E-state index < -0.39 is 15.5 Å². The third-order valence-corrected chi connectivity index (χ3v) is 4.84. The van der Waals surface area contributed by atoms with E-state index in [2.05, 4.69) is 0 Å². The van der Waals surface area contributed by atoms with Crippen LogP contribution in [0.5, 0.6) is 0 Å². The van der Waals surface area contributed by atoms with Gasteiger partial charge in [-0.3, -0.25) is 4.79 Å². The summed E-state index contributed by atoms with van der Waals surface area (Å²) in [4.78, 5) is 13.0. The van der Waals surface area contributed by atoms with E-state index in [1.54, 1.807) is 0 Å². The molecule has 0 aromatic carbocycles. The van der Waals surface area contributed by atoms with Crippen molar-refractivity contribution in [3.05, 3.63) is 0 Å². The number of ether oxygens (including phenoxy) is 1. The zero-order valence-electron chi connectivity index (χ0n) is 10.2. The van der Waals surface area contributed by atoms with Crippen LogP contribution in [-0.2, 0) is 19.8 Å². The Kier molecular flexibility index (Phi) is 4.21. The van der Waals surface area contributed by atoms with Gasteiger partial charge in [-0.25, -0.2) is 0 Å². The number of halogens is 1. The van der Waals surface area contributed by atoms with Gasteiger partial charge in [-0.1, -0.05) is 0 Å². The molecule has 0 bridgehead atoms. The predicted molar refractivity (Wildman–Crippen MR) is 63.2 cm³/mol. The molecule has 0 radical (unpaired) electrons. The lowest BCUT2D eigenvalue weighted by Gasteiger charge is -2.24. The van der Waals surface area contributed by atoms with Gasteiger partial charge in [0, 0.05) is 32.7 Å². The highest BCUT2D eigenvalue weighted by molar-refractivity contribution is 7.87. The first-order valence-corrected chi connectivity index (χ1v) is 7.70. The normalized spacial score (nSPS) is 26.8. The zero-order chi connectivity index (χ0) is 13.2. The molecule has 1 unspecified atom stereocenters. The van der Waals surface area contributed by atoms with Crippen LogP contribution < -0.4 is 0 Å². The maximum Gasteiger partial charge on any atom is 0.307 e. The average molecular weight is 279 g/mol. The van der Waals surface area contributed by atoms with Crippen LogP contribution in [0.1, 0.15) is 25.7 Å². The molecule has 0 spiro atoms. The molecule has 0 saturated carbocycles. The molecule has 1 atom stereocenters. The molecule has 7 heteroatoms. The van der Waals surface area contributed by atoms with Crippen LogP contribution in [-0.4, -0.2) is 50.8 Å². The largest absolute Gasteiger partial charge is 0.381 e. The van der Waals surface area contributed by atoms with E-state index >= 15 is 0 Å². The summed E-state index contributed by atoms with van der Waals surface area (Å²) in [5.74, 6) is 0.265. The summed E-state index contributed by atoms with van der Waals surface area (Å²) in [7, 11) is -4.59. The van der Waals surface area contributed by atoms with Crippen LogP contribution >= 0.6 is 0 Å². The number of carbonyl (C=O) groups excluding carboxylic acids is 1. The number of carbonyl (C=O) groups is 1. The van der Waals surface area contributed by atoms with Crippen LogP contribution in [0.15, 0.2) is 0 Å². The number of likely N-dealkylation sites (tertiary alicyclic amines) is 1. The SMILES string of the molecule is O=C1CC(S(=O)(=O)F)CN1CCC1CCOCC1. The first-order chi connectivity index (χ1) is 8.47. The van der Waals surface area contributed by atoms with Crippen molar-refractivity contribution in [2.75, 3.05) is 26.3 Å². The summed E-state index contributed by atoms with van der Waals surface area (Å²) in [6.07, 6.45) is 2.58. The predicted octanol–water partition coefficient (Wildman–Crippen LogP) is 0.703. The molecule has 0 aliphatic carbocycles. The second-order valence-electron chi connectivity index (χ2n) is 4.99. The molecule has 1 amide bonds. The van der Waals surface area contributed by atoms with Gasteiger partial charge in [0.25, 0.3) is 0 Å². The van der Waals surface area contributed by atoms with Crippen molar-refractivity contribution in [2.24, 2.45) is 5.92 Å². The van der Waals surface area contributed by atoms with Crippen LogP contribution in [0.3, 0.4) is 0 Å². The minimum Gasteiger partial charge on any atom is -0.381 e. The molecule has 2 aliphatic heterocycles. The Hall–Kier alpha value is -0.690. The second-order valence-corrected chi connectivity index (χ2v) is 6.60. The van der Waals surface area contributed by atoms with Crippen molar-refractivity contribution in [1.82, 2.24) is 4.90 Å². The molecule has 5 nitrogen and oxygen atoms in total. The third kappa shape index (κ3) is 3.41. The highest BCUT2D eigenvalue weighted by Gasteiger charge is 2.38. The molecule has 104 valence electrons. The third-order valence-electron chi connectivity index (χ3n) is 3.73. The molecule has 2 fully saturated rings. The monoisotopic (exact) mass is 279 g/mol. The molecular weight excluding hydrogens is 261 g/mol. The van der Waals surface area contributed by atoms with Gasteiger partial charge in [-0.05, 0) is 25.2 Å². The number of hydrogen-bond donors (Lipinski definition) is 0. The van der Waals surface area contributed by atoms with Crippen LogP contribution in [0.4, 0.5) is 3.89 Å². The van der Waals surface area contributed by atoms with E-state index in [9.17, 15) is 17.1 Å². The van der Waals surface area contributed by atoms with E-state index in [0.717, 1.165) is 32.5 Å². The van der Waals surface area contributed by atoms with Gasteiger partial charge in [0.05, 0.1) is 0 Å². The standard InChI is InChI=1S/C11H18FNO4S/c12-18(15,16)10-7-11(14)13(8-10)4-1-9-2-5-17-6-3-9/h9-10H,1-8H2. The molecule has 2 saturated heterocycles. The van der Waals surface area contributed by atoms with Crippen molar-refractivity contribution in [1.29, 1.82) is 0 Å². The fourth-order valence-electron chi connectivity index (χ4n) is 2.51. The second kappa shape index (κ2) is 5.52. The fourth-order valence-corrected chi connectivity index (χ4v) is 3.21. The Morgan fingerprint density at radius 3 is 2.56 bits per heavy atom. The maximum absolute atomic E-state index is 12.8. The van der Waals surface area contributed by atoms with Crippen molar-refractivity contribution >= 4 is 16.1 Å². The van der Waals surface area contributed by atoms with Crippen molar-refractivity contribution in [3.8, 4) is 0 Å². The number of nitrogens with zero attached hydrogens (tertiary/aromatic N) is 1. The first-order valence-electron chi connectivity index (χ1n) is 6.26. The minimum absolute atomic E-state index is 0.000880. The molecule has 0 aromatic rings. The summed E-state index contributed by atoms with van der Waals surface area (Å²) in [6.45, 7) is 2.02. The summed E-state index contributed by atoms with van der Waals surface area (Å²) in [5.41, 5.74) is 0. The van der Waals surface area contributed by atoms with Gasteiger partial charge >= 0.3 is 10.2 Å². The van der Waals surface area contributed by atoms with Crippen LogP contribution in [0.25, 0.3) is 0 Å². The smallest absolute Gasteiger partial charge is 0.307 e. The van der Waals surface area contributed by atoms with Gasteiger partial charge in [0.15, 0.2) is 0 Å². The highest BCUT2D eigenvalue weighted by Crippen LogP contribution is 2.23. The Morgan fingerprint density at radius 1 is 1.33 bits per heavy atom. The zero-order valence-corrected chi connectivity index (χ0v) is 11.0. The van der Waals surface area contributed by atoms with Gasteiger partial charge in [-0.15, -0.1) is 3.89 Å². The first kappa shape index (κ1) is 13.7. The molecule has 0 aromatic heterocycles. The van der Waals surface area contributed by atoms with Crippen molar-refractivity contribution < 1.29 is 21.8 Å². The average Bonchev–Trinajstić information content (AvgIpc) is 2.69. The minimum atomic E-state index is -4.59. The lowest BCUT2D eigenvalue weighted by molar-refractivity contribution is -0.127. The lowest BCUT2D eigenvalue weighted by atomic mass is 9.96. The Labute approximate surface area is 106 Å². The Balaban J connectivity index is 1.81. The summed E-state index contributed by atoms with van der Waals surface area (Å²) >= 11 is 0. The van der Waals surface area contributed by atoms with Crippen molar-refractivity contribution in [3.63, 3.8) is 0 Å². The summed E-state index contributed by atoms with van der Waals surface area (Å²) < 4.78 is 39.6. The molecule has 2 aliphatic rings. The van der Waals surface area contributed by atoms with Gasteiger partial charge in [-0.2, -0.15) is 8.42 Å². The molecular formula is C11H18FNO4S. The topological polar surface area (TPSA) is 63.7 Å². The fraction of sp³-hybridized carbons (Fsp3) is 0.909. The van der Waals surface area contributed by atoms with Crippen molar-refractivity contribution in [2.45, 2.75) is 30.9 Å². The molecule has 18 heavy (non-hydrogen) atoms. The van der Waals surface area contributed by atoms with Crippen LogP contribution in [0.2, 0.25) is 0 Å². The van der Waals surface area contributed by atoms with E-state index in [1.807, 2.05) is 0 Å². The lowest BCUT2D eigenvalue weighted by Crippen LogP contribution is -2.30. The number of amides is 1. The highest BCUT2D eigenvalue weighted by atomic mass is 32.3. The number of rotatable bonds is 4. The van der Waals surface area contributed by atoms with Crippen LogP contribution in [0, 0.1) is 5.92 Å². The Bertz CT molecular complexity index is 405. The van der Waals surface area contributed by atoms with Gasteiger partial charge < -0.3 is 9.64 Å². The maximum atomic E-state index is 12.8. The summed E-state index contributed by atoms with van der Waals surface area (Å²) in [6, 6.07) is 0.